The number of hydrogen-bond donors (Lipinski definition) is 1. The highest BCUT2D eigenvalue weighted by Gasteiger charge is 2.35. The highest BCUT2D eigenvalue weighted by molar-refractivity contribution is 7.52. The van der Waals surface area contributed by atoms with Gasteiger partial charge in [0.05, 0.1) is 6.04 Å². The standard InChI is InChI=1S/C19H22NO4P/c21-19-15-9-3-8-14-18(19)20-25(22,23-16-10-4-1-5-11-16)24-17-12-6-2-7-13-17/h1-2,4-7,10-13,18H,3,8-9,14-15H2,(H,20,22). The minimum absolute atomic E-state index is 0.0612. The van der Waals surface area contributed by atoms with Gasteiger partial charge in [0.25, 0.3) is 0 Å². The second-order valence-corrected chi connectivity index (χ2v) is 7.67. The number of benzene rings is 2. The Morgan fingerprint density at radius 3 is 1.96 bits per heavy atom. The second kappa shape index (κ2) is 8.32. The van der Waals surface area contributed by atoms with Crippen LogP contribution in [-0.4, -0.2) is 11.8 Å². The first-order valence-corrected chi connectivity index (χ1v) is 10.1. The van der Waals surface area contributed by atoms with E-state index in [-0.39, 0.29) is 5.78 Å². The molecule has 1 aliphatic rings. The van der Waals surface area contributed by atoms with E-state index in [1.807, 2.05) is 12.1 Å². The molecule has 0 aromatic heterocycles. The van der Waals surface area contributed by atoms with E-state index in [4.69, 9.17) is 9.05 Å². The van der Waals surface area contributed by atoms with Crippen molar-refractivity contribution in [2.75, 3.05) is 0 Å². The molecule has 25 heavy (non-hydrogen) atoms. The molecule has 0 spiro atoms. The predicted molar refractivity (Wildman–Crippen MR) is 96.8 cm³/mol. The van der Waals surface area contributed by atoms with Crippen molar-refractivity contribution in [3.63, 3.8) is 0 Å². The molecule has 1 N–H and O–H groups in total. The number of hydrogen-bond acceptors (Lipinski definition) is 4. The molecule has 5 nitrogen and oxygen atoms in total. The van der Waals surface area contributed by atoms with Crippen LogP contribution in [0.3, 0.4) is 0 Å². The third-order valence-electron chi connectivity index (χ3n) is 4.06. The summed E-state index contributed by atoms with van der Waals surface area (Å²) in [7, 11) is -3.76. The number of carbonyl (C=O) groups is 1. The fraction of sp³-hybridized carbons (Fsp3) is 0.316. The van der Waals surface area contributed by atoms with Gasteiger partial charge in [0.15, 0.2) is 0 Å². The van der Waals surface area contributed by atoms with Gasteiger partial charge in [-0.05, 0) is 37.1 Å². The van der Waals surface area contributed by atoms with Crippen LogP contribution in [0.5, 0.6) is 11.5 Å². The van der Waals surface area contributed by atoms with Gasteiger partial charge in [-0.25, -0.2) is 4.57 Å². The molecular formula is C19H22NO4P. The van der Waals surface area contributed by atoms with Crippen LogP contribution in [0.2, 0.25) is 0 Å². The number of para-hydroxylation sites is 2. The molecule has 0 heterocycles. The highest BCUT2D eigenvalue weighted by Crippen LogP contribution is 2.45. The van der Waals surface area contributed by atoms with E-state index in [2.05, 4.69) is 5.09 Å². The summed E-state index contributed by atoms with van der Waals surface area (Å²) >= 11 is 0. The smallest absolute Gasteiger partial charge is 0.405 e. The number of rotatable bonds is 6. The Hall–Kier alpha value is -2.10. The zero-order valence-corrected chi connectivity index (χ0v) is 14.9. The van der Waals surface area contributed by atoms with Crippen molar-refractivity contribution in [2.24, 2.45) is 0 Å². The first kappa shape index (κ1) is 17.7. The van der Waals surface area contributed by atoms with E-state index < -0.39 is 13.8 Å². The first-order valence-electron chi connectivity index (χ1n) is 8.54. The molecule has 6 heteroatoms. The molecule has 0 saturated heterocycles. The lowest BCUT2D eigenvalue weighted by atomic mass is 10.1. The van der Waals surface area contributed by atoms with Crippen LogP contribution in [0.1, 0.15) is 32.1 Å². The molecular weight excluding hydrogens is 337 g/mol. The van der Waals surface area contributed by atoms with Gasteiger partial charge in [0.1, 0.15) is 17.3 Å². The van der Waals surface area contributed by atoms with E-state index in [0.29, 0.717) is 24.3 Å². The molecule has 132 valence electrons. The number of ketones is 1. The van der Waals surface area contributed by atoms with E-state index in [9.17, 15) is 9.36 Å². The lowest BCUT2D eigenvalue weighted by Gasteiger charge is -2.24. The van der Waals surface area contributed by atoms with Gasteiger partial charge in [0, 0.05) is 6.42 Å². The topological polar surface area (TPSA) is 64.6 Å². The summed E-state index contributed by atoms with van der Waals surface area (Å²) in [6, 6.07) is 17.2. The van der Waals surface area contributed by atoms with Crippen LogP contribution < -0.4 is 14.1 Å². The predicted octanol–water partition coefficient (Wildman–Crippen LogP) is 4.74. The maximum absolute atomic E-state index is 13.4. The van der Waals surface area contributed by atoms with Gasteiger partial charge >= 0.3 is 7.75 Å². The Kier molecular flexibility index (Phi) is 5.90. The minimum Gasteiger partial charge on any atom is -0.405 e. The first-order chi connectivity index (χ1) is 12.1. The molecule has 0 radical (unpaired) electrons. The van der Waals surface area contributed by atoms with Crippen molar-refractivity contribution in [3.8, 4) is 11.5 Å². The van der Waals surface area contributed by atoms with Crippen molar-refractivity contribution >= 4 is 13.5 Å². The van der Waals surface area contributed by atoms with Gasteiger partial charge in [-0.1, -0.05) is 49.2 Å². The zero-order valence-electron chi connectivity index (χ0n) is 14.0. The van der Waals surface area contributed by atoms with Crippen molar-refractivity contribution in [1.29, 1.82) is 0 Å². The molecule has 3 rings (SSSR count). The van der Waals surface area contributed by atoms with Crippen LogP contribution in [0, 0.1) is 0 Å². The minimum atomic E-state index is -3.76. The molecule has 2 aromatic rings. The van der Waals surface area contributed by atoms with Crippen molar-refractivity contribution in [3.05, 3.63) is 60.7 Å². The van der Waals surface area contributed by atoms with Crippen LogP contribution >= 0.6 is 7.75 Å². The van der Waals surface area contributed by atoms with Crippen LogP contribution in [-0.2, 0) is 9.36 Å². The Labute approximate surface area is 147 Å². The van der Waals surface area contributed by atoms with Crippen LogP contribution in [0.25, 0.3) is 0 Å². The van der Waals surface area contributed by atoms with Gasteiger partial charge in [-0.3, -0.25) is 4.79 Å². The van der Waals surface area contributed by atoms with E-state index in [1.54, 1.807) is 48.5 Å². The van der Waals surface area contributed by atoms with Crippen LogP contribution in [0.15, 0.2) is 60.7 Å². The van der Waals surface area contributed by atoms with Crippen molar-refractivity contribution in [2.45, 2.75) is 38.1 Å². The average molecular weight is 359 g/mol. The number of carbonyl (C=O) groups excluding carboxylic acids is 1. The summed E-state index contributed by atoms with van der Waals surface area (Å²) in [5, 5.41) is 2.88. The maximum Gasteiger partial charge on any atom is 0.513 e. The zero-order chi connectivity index (χ0) is 17.5. The maximum atomic E-state index is 13.4. The summed E-state index contributed by atoms with van der Waals surface area (Å²) in [5.74, 6) is 0.914. The van der Waals surface area contributed by atoms with E-state index in [0.717, 1.165) is 19.3 Å². The summed E-state index contributed by atoms with van der Waals surface area (Å²) in [4.78, 5) is 12.3. The summed E-state index contributed by atoms with van der Waals surface area (Å²) < 4.78 is 24.7. The van der Waals surface area contributed by atoms with Gasteiger partial charge in [0.2, 0.25) is 0 Å². The lowest BCUT2D eigenvalue weighted by molar-refractivity contribution is -0.120. The summed E-state index contributed by atoms with van der Waals surface area (Å²) in [5.41, 5.74) is 0. The summed E-state index contributed by atoms with van der Waals surface area (Å²) in [6.45, 7) is 0. The molecule has 1 atom stereocenters. The van der Waals surface area contributed by atoms with Gasteiger partial charge < -0.3 is 9.05 Å². The fourth-order valence-electron chi connectivity index (χ4n) is 2.80. The quantitative estimate of drug-likeness (QED) is 0.596. The average Bonchev–Trinajstić information content (AvgIpc) is 2.81. The monoisotopic (exact) mass is 359 g/mol. The van der Waals surface area contributed by atoms with Crippen molar-refractivity contribution in [1.82, 2.24) is 5.09 Å². The van der Waals surface area contributed by atoms with Crippen LogP contribution in [0.4, 0.5) is 0 Å². The second-order valence-electron chi connectivity index (χ2n) is 6.05. The largest absolute Gasteiger partial charge is 0.513 e. The Bertz CT molecular complexity index is 690. The van der Waals surface area contributed by atoms with E-state index >= 15 is 0 Å². The van der Waals surface area contributed by atoms with E-state index in [1.165, 1.54) is 0 Å². The number of nitrogens with one attached hydrogen (secondary N) is 1. The molecule has 0 aliphatic heterocycles. The normalized spacial score (nSPS) is 18.4. The van der Waals surface area contributed by atoms with Gasteiger partial charge in [-0.2, -0.15) is 5.09 Å². The molecule has 2 aromatic carbocycles. The molecule has 1 fully saturated rings. The third kappa shape index (κ3) is 5.18. The number of Topliss-reactive ketones (excluding diaryl/α,β-unsaturated/α-hetero) is 1. The van der Waals surface area contributed by atoms with Gasteiger partial charge in [-0.15, -0.1) is 0 Å². The molecule has 0 amide bonds. The Morgan fingerprint density at radius 2 is 1.40 bits per heavy atom. The Morgan fingerprint density at radius 1 is 0.840 bits per heavy atom. The Balaban J connectivity index is 1.82. The third-order valence-corrected chi connectivity index (χ3v) is 5.59. The molecule has 0 bridgehead atoms. The molecule has 1 unspecified atom stereocenters. The molecule has 1 aliphatic carbocycles. The fourth-order valence-corrected chi connectivity index (χ4v) is 4.39. The SMILES string of the molecule is O=C1CCCCCC1NP(=O)(Oc1ccccc1)Oc1ccccc1. The highest BCUT2D eigenvalue weighted by atomic mass is 31.2. The van der Waals surface area contributed by atoms with Crippen molar-refractivity contribution < 1.29 is 18.4 Å². The summed E-state index contributed by atoms with van der Waals surface area (Å²) in [6.07, 6.45) is 3.93. The lowest BCUT2D eigenvalue weighted by Crippen LogP contribution is -2.36. The molecule has 1 saturated carbocycles.